The summed E-state index contributed by atoms with van der Waals surface area (Å²) in [5, 5.41) is 2.56. The van der Waals surface area contributed by atoms with Crippen molar-refractivity contribution in [3.05, 3.63) is 29.6 Å². The van der Waals surface area contributed by atoms with E-state index in [1.807, 2.05) is 19.1 Å². The fraction of sp³-hybridized carbons (Fsp3) is 0.250. The smallest absolute Gasteiger partial charge is 0.207 e. The predicted molar refractivity (Wildman–Crippen MR) is 41.9 cm³/mol. The van der Waals surface area contributed by atoms with Gasteiger partial charge in [-0.2, -0.15) is 0 Å². The number of hydrogen-bond donors (Lipinski definition) is 1. The Bertz CT molecular complexity index is 230. The van der Waals surface area contributed by atoms with Crippen LogP contribution in [0.5, 0.6) is 0 Å². The van der Waals surface area contributed by atoms with Crippen LogP contribution in [-0.4, -0.2) is 11.4 Å². The largest absolute Gasteiger partial charge is 0.355 e. The summed E-state index contributed by atoms with van der Waals surface area (Å²) >= 11 is 0. The van der Waals surface area contributed by atoms with Crippen LogP contribution in [0.2, 0.25) is 0 Å². The fourth-order valence-electron chi connectivity index (χ4n) is 0.763. The van der Waals surface area contributed by atoms with Crippen LogP contribution in [-0.2, 0) is 11.3 Å². The minimum absolute atomic E-state index is 0.552. The van der Waals surface area contributed by atoms with E-state index in [1.165, 1.54) is 0 Å². The van der Waals surface area contributed by atoms with Crippen LogP contribution in [0.3, 0.4) is 0 Å². The molecule has 58 valence electrons. The molecule has 0 fully saturated rings. The molecule has 0 bridgehead atoms. The first kappa shape index (κ1) is 7.72. The number of amides is 1. The van der Waals surface area contributed by atoms with Gasteiger partial charge < -0.3 is 5.32 Å². The van der Waals surface area contributed by atoms with Crippen molar-refractivity contribution in [1.29, 1.82) is 0 Å². The van der Waals surface area contributed by atoms with E-state index in [9.17, 15) is 4.79 Å². The van der Waals surface area contributed by atoms with Crippen LogP contribution >= 0.6 is 0 Å². The van der Waals surface area contributed by atoms with Gasteiger partial charge in [-0.3, -0.25) is 9.78 Å². The second-order valence-electron chi connectivity index (χ2n) is 2.31. The third kappa shape index (κ3) is 2.37. The Morgan fingerprint density at radius 1 is 1.64 bits per heavy atom. The minimum atomic E-state index is 0.552. The predicted octanol–water partition coefficient (Wildman–Crippen LogP) is 0.636. The van der Waals surface area contributed by atoms with Crippen molar-refractivity contribution in [3.8, 4) is 0 Å². The molecule has 1 amide bonds. The average Bonchev–Trinajstić information content (AvgIpc) is 2.04. The minimum Gasteiger partial charge on any atom is -0.355 e. The Morgan fingerprint density at radius 3 is 3.00 bits per heavy atom. The quantitative estimate of drug-likeness (QED) is 0.642. The lowest BCUT2D eigenvalue weighted by atomic mass is 10.2. The standard InChI is InChI=1S/C8H10N2O/c1-7-2-3-8(5-10-7)4-9-6-11/h2-3,5-6H,4H2,1H3,(H,9,11). The summed E-state index contributed by atoms with van der Waals surface area (Å²) in [5.41, 5.74) is 2.00. The Morgan fingerprint density at radius 2 is 2.45 bits per heavy atom. The van der Waals surface area contributed by atoms with E-state index >= 15 is 0 Å². The van der Waals surface area contributed by atoms with Gasteiger partial charge in [0.05, 0.1) is 0 Å². The molecule has 0 unspecified atom stereocenters. The molecule has 0 radical (unpaired) electrons. The highest BCUT2D eigenvalue weighted by Crippen LogP contribution is 1.97. The molecular weight excluding hydrogens is 140 g/mol. The van der Waals surface area contributed by atoms with Gasteiger partial charge in [-0.25, -0.2) is 0 Å². The van der Waals surface area contributed by atoms with Gasteiger partial charge in [-0.15, -0.1) is 0 Å². The number of aromatic nitrogens is 1. The van der Waals surface area contributed by atoms with Crippen LogP contribution in [0.25, 0.3) is 0 Å². The normalized spacial score (nSPS) is 9.18. The van der Waals surface area contributed by atoms with Gasteiger partial charge >= 0.3 is 0 Å². The van der Waals surface area contributed by atoms with Gasteiger partial charge in [0.2, 0.25) is 6.41 Å². The second kappa shape index (κ2) is 3.71. The van der Waals surface area contributed by atoms with Gasteiger partial charge in [0.25, 0.3) is 0 Å². The summed E-state index contributed by atoms with van der Waals surface area (Å²) in [6.07, 6.45) is 2.44. The first-order valence-corrected chi connectivity index (χ1v) is 3.41. The van der Waals surface area contributed by atoms with E-state index in [-0.39, 0.29) is 0 Å². The molecule has 0 aliphatic heterocycles. The van der Waals surface area contributed by atoms with Gasteiger partial charge in [-0.1, -0.05) is 6.07 Å². The lowest BCUT2D eigenvalue weighted by Crippen LogP contribution is -2.09. The Balaban J connectivity index is 2.58. The van der Waals surface area contributed by atoms with Crippen molar-refractivity contribution >= 4 is 6.41 Å². The molecule has 0 spiro atoms. The summed E-state index contributed by atoms with van der Waals surface area (Å²) in [7, 11) is 0. The molecule has 3 heteroatoms. The van der Waals surface area contributed by atoms with Crippen LogP contribution < -0.4 is 5.32 Å². The molecule has 0 aliphatic rings. The van der Waals surface area contributed by atoms with E-state index in [0.717, 1.165) is 11.3 Å². The van der Waals surface area contributed by atoms with Gasteiger partial charge in [0, 0.05) is 18.4 Å². The molecule has 0 saturated carbocycles. The Hall–Kier alpha value is -1.38. The summed E-state index contributed by atoms with van der Waals surface area (Å²) < 4.78 is 0. The Labute approximate surface area is 65.5 Å². The van der Waals surface area contributed by atoms with E-state index < -0.39 is 0 Å². The van der Waals surface area contributed by atoms with Crippen LogP contribution in [0, 0.1) is 6.92 Å². The maximum atomic E-state index is 9.91. The third-order valence-electron chi connectivity index (χ3n) is 1.36. The lowest BCUT2D eigenvalue weighted by molar-refractivity contribution is -0.109. The highest BCUT2D eigenvalue weighted by Gasteiger charge is 1.89. The zero-order valence-corrected chi connectivity index (χ0v) is 6.37. The van der Waals surface area contributed by atoms with E-state index in [2.05, 4.69) is 10.3 Å². The number of carbonyl (C=O) groups excluding carboxylic acids is 1. The van der Waals surface area contributed by atoms with E-state index in [0.29, 0.717) is 13.0 Å². The summed E-state index contributed by atoms with van der Waals surface area (Å²) in [4.78, 5) is 14.0. The number of aryl methyl sites for hydroxylation is 1. The summed E-state index contributed by atoms with van der Waals surface area (Å²) in [5.74, 6) is 0. The molecule has 0 atom stereocenters. The number of carbonyl (C=O) groups is 1. The van der Waals surface area contributed by atoms with Crippen molar-refractivity contribution in [2.24, 2.45) is 0 Å². The average molecular weight is 150 g/mol. The number of nitrogens with one attached hydrogen (secondary N) is 1. The maximum absolute atomic E-state index is 9.91. The highest BCUT2D eigenvalue weighted by atomic mass is 16.1. The molecule has 3 nitrogen and oxygen atoms in total. The monoisotopic (exact) mass is 150 g/mol. The third-order valence-corrected chi connectivity index (χ3v) is 1.36. The van der Waals surface area contributed by atoms with Crippen molar-refractivity contribution in [1.82, 2.24) is 10.3 Å². The fourth-order valence-corrected chi connectivity index (χ4v) is 0.763. The maximum Gasteiger partial charge on any atom is 0.207 e. The summed E-state index contributed by atoms with van der Waals surface area (Å²) in [6, 6.07) is 3.86. The number of nitrogens with zero attached hydrogens (tertiary/aromatic N) is 1. The molecule has 1 aromatic rings. The molecule has 1 rings (SSSR count). The molecule has 0 aliphatic carbocycles. The lowest BCUT2D eigenvalue weighted by Gasteiger charge is -1.98. The summed E-state index contributed by atoms with van der Waals surface area (Å²) in [6.45, 7) is 2.48. The van der Waals surface area contributed by atoms with Gasteiger partial charge in [0.1, 0.15) is 0 Å². The molecule has 1 heterocycles. The number of pyridine rings is 1. The topological polar surface area (TPSA) is 42.0 Å². The van der Waals surface area contributed by atoms with Crippen LogP contribution in [0.4, 0.5) is 0 Å². The molecule has 1 aromatic heterocycles. The van der Waals surface area contributed by atoms with E-state index in [4.69, 9.17) is 0 Å². The number of hydrogen-bond acceptors (Lipinski definition) is 2. The number of rotatable bonds is 3. The zero-order valence-electron chi connectivity index (χ0n) is 6.37. The zero-order chi connectivity index (χ0) is 8.10. The molecule has 1 N–H and O–H groups in total. The van der Waals surface area contributed by atoms with Crippen molar-refractivity contribution < 1.29 is 4.79 Å². The first-order chi connectivity index (χ1) is 5.33. The Kier molecular flexibility index (Phi) is 2.60. The van der Waals surface area contributed by atoms with Crippen LogP contribution in [0.1, 0.15) is 11.3 Å². The molecule has 0 aromatic carbocycles. The highest BCUT2D eigenvalue weighted by molar-refractivity contribution is 5.46. The van der Waals surface area contributed by atoms with Crippen LogP contribution in [0.15, 0.2) is 18.3 Å². The van der Waals surface area contributed by atoms with Gasteiger partial charge in [-0.05, 0) is 18.6 Å². The van der Waals surface area contributed by atoms with Crippen molar-refractivity contribution in [2.45, 2.75) is 13.5 Å². The SMILES string of the molecule is Cc1ccc(CNC=O)cn1. The van der Waals surface area contributed by atoms with E-state index in [1.54, 1.807) is 6.20 Å². The molecular formula is C8H10N2O. The second-order valence-corrected chi connectivity index (χ2v) is 2.31. The van der Waals surface area contributed by atoms with Crippen molar-refractivity contribution in [2.75, 3.05) is 0 Å². The molecule has 11 heavy (non-hydrogen) atoms. The van der Waals surface area contributed by atoms with Crippen molar-refractivity contribution in [3.63, 3.8) is 0 Å². The molecule has 0 saturated heterocycles. The van der Waals surface area contributed by atoms with Gasteiger partial charge in [0.15, 0.2) is 0 Å². The first-order valence-electron chi connectivity index (χ1n) is 3.41.